The molecule has 1 N–H and O–H groups in total. The van der Waals surface area contributed by atoms with E-state index < -0.39 is 15.9 Å². The average Bonchev–Trinajstić information content (AvgIpc) is 2.86. The molecule has 8 heteroatoms. The predicted molar refractivity (Wildman–Crippen MR) is 128 cm³/mol. The lowest BCUT2D eigenvalue weighted by Gasteiger charge is -2.25. The van der Waals surface area contributed by atoms with Gasteiger partial charge in [-0.15, -0.1) is 0 Å². The zero-order valence-corrected chi connectivity index (χ0v) is 19.7. The van der Waals surface area contributed by atoms with Crippen molar-refractivity contribution in [1.82, 2.24) is 5.32 Å². The number of nitrogens with one attached hydrogen (secondary N) is 1. The molecule has 0 unspecified atom stereocenters. The topological polar surface area (TPSA) is 84.9 Å². The average molecular weight is 469 g/mol. The summed E-state index contributed by atoms with van der Waals surface area (Å²) < 4.78 is 38.3. The number of hydrogen-bond donors (Lipinski definition) is 1. The highest BCUT2D eigenvalue weighted by atomic mass is 32.2. The lowest BCUT2D eigenvalue weighted by molar-refractivity contribution is -0.120. The van der Waals surface area contributed by atoms with E-state index >= 15 is 0 Å². The van der Waals surface area contributed by atoms with Crippen molar-refractivity contribution in [2.24, 2.45) is 0 Å². The number of amides is 1. The van der Waals surface area contributed by atoms with Crippen molar-refractivity contribution < 1.29 is 22.7 Å². The van der Waals surface area contributed by atoms with Gasteiger partial charge in [-0.1, -0.05) is 37.3 Å². The third-order valence-corrected chi connectivity index (χ3v) is 7.03. The molecule has 0 aliphatic carbocycles. The molecule has 0 fully saturated rings. The third kappa shape index (κ3) is 5.84. The lowest BCUT2D eigenvalue weighted by atomic mass is 10.0. The summed E-state index contributed by atoms with van der Waals surface area (Å²) in [6.45, 7) is 1.60. The molecular weight excluding hydrogens is 440 g/mol. The number of ether oxygens (including phenoxy) is 2. The molecule has 3 aromatic rings. The summed E-state index contributed by atoms with van der Waals surface area (Å²) in [5.74, 6) is 0.864. The summed E-state index contributed by atoms with van der Waals surface area (Å²) >= 11 is 0. The maximum Gasteiger partial charge on any atom is 0.264 e. The summed E-state index contributed by atoms with van der Waals surface area (Å²) in [5, 5.41) is 2.96. The van der Waals surface area contributed by atoms with Gasteiger partial charge in [0.1, 0.15) is 18.0 Å². The molecule has 0 aromatic heterocycles. The summed E-state index contributed by atoms with van der Waals surface area (Å²) in [6, 6.07) is 21.8. The van der Waals surface area contributed by atoms with Gasteiger partial charge < -0.3 is 14.8 Å². The number of carbonyl (C=O) groups excluding carboxylic acids is 1. The number of para-hydroxylation sites is 1. The zero-order valence-electron chi connectivity index (χ0n) is 18.9. The van der Waals surface area contributed by atoms with Crippen molar-refractivity contribution in [3.63, 3.8) is 0 Å². The number of hydrogen-bond acceptors (Lipinski definition) is 5. The second-order valence-corrected chi connectivity index (χ2v) is 9.19. The molecule has 1 amide bonds. The predicted octanol–water partition coefficient (Wildman–Crippen LogP) is 4.17. The molecule has 3 aromatic carbocycles. The second kappa shape index (κ2) is 10.9. The number of carbonyl (C=O) groups is 1. The van der Waals surface area contributed by atoms with E-state index in [-0.39, 0.29) is 17.5 Å². The molecule has 0 saturated heterocycles. The van der Waals surface area contributed by atoms with Crippen LogP contribution >= 0.6 is 0 Å². The Bertz CT molecular complexity index is 1150. The molecule has 0 aliphatic rings. The van der Waals surface area contributed by atoms with Crippen LogP contribution in [0.15, 0.2) is 83.8 Å². The van der Waals surface area contributed by atoms with Gasteiger partial charge in [-0.05, 0) is 60.5 Å². The Morgan fingerprint density at radius 2 is 1.42 bits per heavy atom. The largest absolute Gasteiger partial charge is 0.497 e. The van der Waals surface area contributed by atoms with E-state index in [9.17, 15) is 13.2 Å². The van der Waals surface area contributed by atoms with E-state index in [1.54, 1.807) is 49.6 Å². The van der Waals surface area contributed by atoms with Crippen molar-refractivity contribution >= 4 is 21.6 Å². The minimum Gasteiger partial charge on any atom is -0.497 e. The van der Waals surface area contributed by atoms with Crippen LogP contribution in [0.3, 0.4) is 0 Å². The molecular formula is C25H28N2O5S. The molecule has 1 atom stereocenters. The number of nitrogens with zero attached hydrogens (tertiary/aromatic N) is 1. The Hall–Kier alpha value is -3.52. The van der Waals surface area contributed by atoms with Crippen LogP contribution in [-0.4, -0.2) is 35.1 Å². The molecule has 33 heavy (non-hydrogen) atoms. The molecule has 0 aliphatic heterocycles. The highest BCUT2D eigenvalue weighted by Gasteiger charge is 2.28. The molecule has 3 rings (SSSR count). The first kappa shape index (κ1) is 24.1. The number of methoxy groups -OCH3 is 2. The Morgan fingerprint density at radius 1 is 0.879 bits per heavy atom. The van der Waals surface area contributed by atoms with E-state index in [1.165, 1.54) is 19.2 Å². The number of anilines is 1. The number of sulfonamides is 1. The molecule has 0 heterocycles. The minimum absolute atomic E-state index is 0.0714. The quantitative estimate of drug-likeness (QED) is 0.483. The second-order valence-electron chi connectivity index (χ2n) is 7.32. The van der Waals surface area contributed by atoms with Gasteiger partial charge in [-0.3, -0.25) is 9.10 Å². The summed E-state index contributed by atoms with van der Waals surface area (Å²) in [4.78, 5) is 13.1. The Labute approximate surface area is 195 Å². The van der Waals surface area contributed by atoms with E-state index in [0.717, 1.165) is 15.6 Å². The standard InChI is InChI=1S/C25H28N2O5S/c1-4-24(19-10-12-21(31-2)13-11-19)26-25(28)18-27(20-8-6-5-7-9-20)33(29,30)23-16-14-22(32-3)15-17-23/h5-17,24H,4,18H2,1-3H3,(H,26,28)/t24-/m1/s1. The van der Waals surface area contributed by atoms with Crippen LogP contribution in [0, 0.1) is 0 Å². The molecule has 0 saturated carbocycles. The fourth-order valence-corrected chi connectivity index (χ4v) is 4.83. The van der Waals surface area contributed by atoms with E-state index in [4.69, 9.17) is 9.47 Å². The van der Waals surface area contributed by atoms with Gasteiger partial charge in [0.15, 0.2) is 0 Å². The van der Waals surface area contributed by atoms with Crippen LogP contribution in [0.4, 0.5) is 5.69 Å². The van der Waals surface area contributed by atoms with E-state index in [2.05, 4.69) is 5.32 Å². The van der Waals surface area contributed by atoms with E-state index in [0.29, 0.717) is 17.9 Å². The lowest BCUT2D eigenvalue weighted by Crippen LogP contribution is -2.42. The monoisotopic (exact) mass is 468 g/mol. The number of rotatable bonds is 10. The first-order valence-corrected chi connectivity index (χ1v) is 12.0. The van der Waals surface area contributed by atoms with Crippen LogP contribution in [0.5, 0.6) is 11.5 Å². The Morgan fingerprint density at radius 3 is 1.94 bits per heavy atom. The SMILES string of the molecule is CC[C@@H](NC(=O)CN(c1ccccc1)S(=O)(=O)c1ccc(OC)cc1)c1ccc(OC)cc1. The maximum atomic E-state index is 13.5. The fraction of sp³-hybridized carbons (Fsp3) is 0.240. The number of benzene rings is 3. The molecule has 0 bridgehead atoms. The van der Waals surface area contributed by atoms with Crippen molar-refractivity contribution in [3.05, 3.63) is 84.4 Å². The van der Waals surface area contributed by atoms with Crippen LogP contribution in [0.2, 0.25) is 0 Å². The van der Waals surface area contributed by atoms with Crippen molar-refractivity contribution in [1.29, 1.82) is 0 Å². The highest BCUT2D eigenvalue weighted by molar-refractivity contribution is 7.92. The summed E-state index contributed by atoms with van der Waals surface area (Å²) in [6.07, 6.45) is 0.647. The summed E-state index contributed by atoms with van der Waals surface area (Å²) in [5.41, 5.74) is 1.32. The Balaban J connectivity index is 1.86. The van der Waals surface area contributed by atoms with Gasteiger partial charge in [0.05, 0.1) is 30.8 Å². The first-order chi connectivity index (χ1) is 15.9. The van der Waals surface area contributed by atoms with Gasteiger partial charge in [0.2, 0.25) is 5.91 Å². The Kier molecular flexibility index (Phi) is 7.95. The highest BCUT2D eigenvalue weighted by Crippen LogP contribution is 2.25. The van der Waals surface area contributed by atoms with Crippen LogP contribution in [0.25, 0.3) is 0 Å². The van der Waals surface area contributed by atoms with Gasteiger partial charge in [-0.2, -0.15) is 0 Å². The van der Waals surface area contributed by atoms with Crippen molar-refractivity contribution in [2.75, 3.05) is 25.1 Å². The molecule has 7 nitrogen and oxygen atoms in total. The van der Waals surface area contributed by atoms with Crippen LogP contribution in [0.1, 0.15) is 24.9 Å². The van der Waals surface area contributed by atoms with Crippen LogP contribution in [-0.2, 0) is 14.8 Å². The zero-order chi connectivity index (χ0) is 23.8. The van der Waals surface area contributed by atoms with Gasteiger partial charge in [0, 0.05) is 0 Å². The fourth-order valence-electron chi connectivity index (χ4n) is 3.41. The van der Waals surface area contributed by atoms with Gasteiger partial charge in [-0.25, -0.2) is 8.42 Å². The van der Waals surface area contributed by atoms with Gasteiger partial charge in [0.25, 0.3) is 10.0 Å². The smallest absolute Gasteiger partial charge is 0.264 e. The third-order valence-electron chi connectivity index (χ3n) is 5.24. The minimum atomic E-state index is -3.99. The van der Waals surface area contributed by atoms with Crippen molar-refractivity contribution in [3.8, 4) is 11.5 Å². The first-order valence-electron chi connectivity index (χ1n) is 10.5. The van der Waals surface area contributed by atoms with E-state index in [1.807, 2.05) is 31.2 Å². The molecule has 0 spiro atoms. The van der Waals surface area contributed by atoms with Crippen LogP contribution < -0.4 is 19.1 Å². The van der Waals surface area contributed by atoms with Crippen molar-refractivity contribution in [2.45, 2.75) is 24.3 Å². The summed E-state index contributed by atoms with van der Waals surface area (Å²) in [7, 11) is -0.886. The van der Waals surface area contributed by atoms with Gasteiger partial charge >= 0.3 is 0 Å². The molecule has 174 valence electrons. The maximum absolute atomic E-state index is 13.5. The molecule has 0 radical (unpaired) electrons. The normalized spacial score (nSPS) is 12.0.